The highest BCUT2D eigenvalue weighted by molar-refractivity contribution is 5.27. The zero-order chi connectivity index (χ0) is 15.0. The molecule has 0 bridgehead atoms. The van der Waals surface area contributed by atoms with Gasteiger partial charge in [0, 0.05) is 37.3 Å². The lowest BCUT2D eigenvalue weighted by Crippen LogP contribution is -2.31. The fourth-order valence-electron chi connectivity index (χ4n) is 2.69. The Labute approximate surface area is 120 Å². The number of rotatable bonds is 2. The molecular formula is C15H16F3N3. The highest BCUT2D eigenvalue weighted by atomic mass is 19.4. The number of aromatic nitrogens is 2. The van der Waals surface area contributed by atoms with E-state index in [-0.39, 0.29) is 6.04 Å². The smallest absolute Gasteiger partial charge is 0.332 e. The summed E-state index contributed by atoms with van der Waals surface area (Å²) >= 11 is 0. The quantitative estimate of drug-likeness (QED) is 0.926. The monoisotopic (exact) mass is 295 g/mol. The number of fused-ring (bicyclic) bond motifs is 1. The Hall–Kier alpha value is -1.82. The van der Waals surface area contributed by atoms with Gasteiger partial charge in [-0.3, -0.25) is 0 Å². The molecule has 1 atom stereocenters. The lowest BCUT2D eigenvalue weighted by molar-refractivity contribution is -0.137. The van der Waals surface area contributed by atoms with Crippen LogP contribution in [-0.4, -0.2) is 15.6 Å². The standard InChI is InChI=1S/C15H16F3N3/c16-15(17,18)11-3-1-10(2-4-11)7-14-20-9-13-8-12(19)5-6-21(13)14/h1-4,9,12H,5-8,19H2. The summed E-state index contributed by atoms with van der Waals surface area (Å²) in [6.45, 7) is 0.826. The summed E-state index contributed by atoms with van der Waals surface area (Å²) in [7, 11) is 0. The average molecular weight is 295 g/mol. The molecule has 0 aliphatic carbocycles. The Morgan fingerprint density at radius 2 is 1.95 bits per heavy atom. The molecule has 1 aliphatic heterocycles. The van der Waals surface area contributed by atoms with Gasteiger partial charge < -0.3 is 10.3 Å². The second-order valence-corrected chi connectivity index (χ2v) is 5.44. The molecular weight excluding hydrogens is 279 g/mol. The maximum atomic E-state index is 12.5. The lowest BCUT2D eigenvalue weighted by atomic mass is 10.0. The molecule has 2 aromatic rings. The van der Waals surface area contributed by atoms with Crippen LogP contribution in [0.5, 0.6) is 0 Å². The van der Waals surface area contributed by atoms with Crippen molar-refractivity contribution in [2.75, 3.05) is 0 Å². The van der Waals surface area contributed by atoms with E-state index in [1.165, 1.54) is 12.1 Å². The molecule has 0 saturated carbocycles. The first-order valence-corrected chi connectivity index (χ1v) is 6.88. The van der Waals surface area contributed by atoms with Gasteiger partial charge in [-0.2, -0.15) is 13.2 Å². The molecule has 6 heteroatoms. The van der Waals surface area contributed by atoms with Gasteiger partial charge in [-0.1, -0.05) is 12.1 Å². The molecule has 21 heavy (non-hydrogen) atoms. The lowest BCUT2D eigenvalue weighted by Gasteiger charge is -2.21. The Morgan fingerprint density at radius 1 is 1.24 bits per heavy atom. The van der Waals surface area contributed by atoms with Gasteiger partial charge in [0.15, 0.2) is 0 Å². The van der Waals surface area contributed by atoms with Gasteiger partial charge in [0.05, 0.1) is 5.56 Å². The van der Waals surface area contributed by atoms with Gasteiger partial charge in [-0.15, -0.1) is 0 Å². The minimum atomic E-state index is -4.29. The fourth-order valence-corrected chi connectivity index (χ4v) is 2.69. The topological polar surface area (TPSA) is 43.8 Å². The van der Waals surface area contributed by atoms with E-state index in [0.29, 0.717) is 6.42 Å². The molecule has 3 nitrogen and oxygen atoms in total. The van der Waals surface area contributed by atoms with E-state index in [0.717, 1.165) is 48.6 Å². The first-order chi connectivity index (χ1) is 9.93. The minimum Gasteiger partial charge on any atom is -0.332 e. The maximum Gasteiger partial charge on any atom is 0.416 e. The maximum absolute atomic E-state index is 12.5. The first kappa shape index (κ1) is 14.1. The summed E-state index contributed by atoms with van der Waals surface area (Å²) in [6.07, 6.45) is -0.226. The summed E-state index contributed by atoms with van der Waals surface area (Å²) < 4.78 is 39.7. The summed E-state index contributed by atoms with van der Waals surface area (Å²) in [4.78, 5) is 4.38. The highest BCUT2D eigenvalue weighted by Gasteiger charge is 2.30. The molecule has 0 fully saturated rings. The fraction of sp³-hybridized carbons (Fsp3) is 0.400. The van der Waals surface area contributed by atoms with Crippen LogP contribution in [0.25, 0.3) is 0 Å². The molecule has 0 saturated heterocycles. The van der Waals surface area contributed by atoms with Crippen molar-refractivity contribution in [1.82, 2.24) is 9.55 Å². The van der Waals surface area contributed by atoms with Gasteiger partial charge >= 0.3 is 6.18 Å². The molecule has 2 heterocycles. The van der Waals surface area contributed by atoms with Crippen molar-refractivity contribution in [2.45, 2.75) is 38.0 Å². The van der Waals surface area contributed by atoms with Crippen molar-refractivity contribution < 1.29 is 13.2 Å². The number of hydrogen-bond donors (Lipinski definition) is 1. The van der Waals surface area contributed by atoms with E-state index in [1.807, 2.05) is 6.20 Å². The zero-order valence-corrected chi connectivity index (χ0v) is 11.4. The van der Waals surface area contributed by atoms with Crippen molar-refractivity contribution in [3.05, 3.63) is 53.1 Å². The molecule has 1 unspecified atom stereocenters. The third kappa shape index (κ3) is 2.95. The van der Waals surface area contributed by atoms with Gasteiger partial charge in [0.2, 0.25) is 0 Å². The van der Waals surface area contributed by atoms with Crippen LogP contribution in [0, 0.1) is 0 Å². The van der Waals surface area contributed by atoms with E-state index in [1.54, 1.807) is 0 Å². The Bertz CT molecular complexity index is 629. The SMILES string of the molecule is NC1CCn2c(cnc2Cc2ccc(C(F)(F)F)cc2)C1. The molecule has 1 aromatic carbocycles. The second kappa shape index (κ2) is 5.18. The number of hydrogen-bond acceptors (Lipinski definition) is 2. The molecule has 112 valence electrons. The first-order valence-electron chi connectivity index (χ1n) is 6.88. The molecule has 0 spiro atoms. The number of imidazole rings is 1. The van der Waals surface area contributed by atoms with Gasteiger partial charge in [-0.05, 0) is 24.1 Å². The summed E-state index contributed by atoms with van der Waals surface area (Å²) in [5.41, 5.74) is 7.23. The third-order valence-electron chi connectivity index (χ3n) is 3.86. The summed E-state index contributed by atoms with van der Waals surface area (Å²) in [6, 6.07) is 5.43. The van der Waals surface area contributed by atoms with Crippen LogP contribution in [0.1, 0.15) is 29.1 Å². The molecule has 1 aliphatic rings. The number of nitrogens with zero attached hydrogens (tertiary/aromatic N) is 2. The van der Waals surface area contributed by atoms with Crippen molar-refractivity contribution in [3.63, 3.8) is 0 Å². The molecule has 1 aromatic heterocycles. The second-order valence-electron chi connectivity index (χ2n) is 5.44. The van der Waals surface area contributed by atoms with Gasteiger partial charge in [-0.25, -0.2) is 4.98 Å². The van der Waals surface area contributed by atoms with Crippen LogP contribution in [-0.2, 0) is 25.6 Å². The summed E-state index contributed by atoms with van der Waals surface area (Å²) in [5.74, 6) is 0.886. The van der Waals surface area contributed by atoms with Crippen LogP contribution in [0.3, 0.4) is 0 Å². The molecule has 2 N–H and O–H groups in total. The van der Waals surface area contributed by atoms with E-state index in [4.69, 9.17) is 5.73 Å². The number of benzene rings is 1. The van der Waals surface area contributed by atoms with Crippen LogP contribution in [0.15, 0.2) is 30.5 Å². The zero-order valence-electron chi connectivity index (χ0n) is 11.4. The third-order valence-corrected chi connectivity index (χ3v) is 3.86. The van der Waals surface area contributed by atoms with Crippen LogP contribution < -0.4 is 5.73 Å². The normalized spacial score (nSPS) is 18.6. The van der Waals surface area contributed by atoms with Gasteiger partial charge in [0.25, 0.3) is 0 Å². The Kier molecular flexibility index (Phi) is 3.49. The summed E-state index contributed by atoms with van der Waals surface area (Å²) in [5, 5.41) is 0. The number of nitrogens with two attached hydrogens (primary N) is 1. The highest BCUT2D eigenvalue weighted by Crippen LogP contribution is 2.29. The van der Waals surface area contributed by atoms with E-state index in [2.05, 4.69) is 9.55 Å². The largest absolute Gasteiger partial charge is 0.416 e. The minimum absolute atomic E-state index is 0.174. The van der Waals surface area contributed by atoms with Gasteiger partial charge in [0.1, 0.15) is 5.82 Å². The Balaban J connectivity index is 1.78. The molecule has 0 amide bonds. The number of halogens is 3. The van der Waals surface area contributed by atoms with Crippen LogP contribution >= 0.6 is 0 Å². The Morgan fingerprint density at radius 3 is 2.62 bits per heavy atom. The van der Waals surface area contributed by atoms with E-state index in [9.17, 15) is 13.2 Å². The van der Waals surface area contributed by atoms with E-state index >= 15 is 0 Å². The van der Waals surface area contributed by atoms with Crippen molar-refractivity contribution in [1.29, 1.82) is 0 Å². The van der Waals surface area contributed by atoms with Crippen molar-refractivity contribution in [2.24, 2.45) is 5.73 Å². The van der Waals surface area contributed by atoms with E-state index < -0.39 is 11.7 Å². The molecule has 3 rings (SSSR count). The van der Waals surface area contributed by atoms with Crippen molar-refractivity contribution >= 4 is 0 Å². The average Bonchev–Trinajstić information content (AvgIpc) is 2.80. The molecule has 0 radical (unpaired) electrons. The predicted molar refractivity (Wildman–Crippen MR) is 72.8 cm³/mol. The van der Waals surface area contributed by atoms with Crippen molar-refractivity contribution in [3.8, 4) is 0 Å². The predicted octanol–water partition coefficient (Wildman–Crippen LogP) is 2.77. The van der Waals surface area contributed by atoms with Crippen LogP contribution in [0.2, 0.25) is 0 Å². The number of alkyl halides is 3. The van der Waals surface area contributed by atoms with Crippen LogP contribution in [0.4, 0.5) is 13.2 Å².